The van der Waals surface area contributed by atoms with Crippen LogP contribution in [0, 0.1) is 5.92 Å². The van der Waals surface area contributed by atoms with Gasteiger partial charge in [0.1, 0.15) is 0 Å². The molecule has 16 heavy (non-hydrogen) atoms. The van der Waals surface area contributed by atoms with Gasteiger partial charge in [-0.1, -0.05) is 20.8 Å². The van der Waals surface area contributed by atoms with E-state index in [9.17, 15) is 8.42 Å². The zero-order valence-corrected chi connectivity index (χ0v) is 11.3. The quantitative estimate of drug-likeness (QED) is 0.740. The maximum atomic E-state index is 11.9. The van der Waals surface area contributed by atoms with E-state index in [0.717, 1.165) is 25.8 Å². The zero-order chi connectivity index (χ0) is 12.2. The predicted octanol–water partition coefficient (Wildman–Crippen LogP) is 1.09. The number of nitrogens with one attached hydrogen (secondary N) is 2. The van der Waals surface area contributed by atoms with Gasteiger partial charge in [0.05, 0.1) is 5.75 Å². The standard InChI is InChI=1S/C11H24N2O2S/c1-4-11(9(2)3)13-16(14,15)8-10-6-5-7-12-10/h9-13H,4-8H2,1-3H3. The van der Waals surface area contributed by atoms with Gasteiger partial charge in [-0.3, -0.25) is 0 Å². The smallest absolute Gasteiger partial charge is 0.213 e. The molecule has 0 bridgehead atoms. The summed E-state index contributed by atoms with van der Waals surface area (Å²) in [4.78, 5) is 0. The maximum absolute atomic E-state index is 11.9. The Balaban J connectivity index is 2.49. The number of hydrogen-bond donors (Lipinski definition) is 2. The Morgan fingerprint density at radius 1 is 1.44 bits per heavy atom. The van der Waals surface area contributed by atoms with Crippen LogP contribution in [0.15, 0.2) is 0 Å². The lowest BCUT2D eigenvalue weighted by Crippen LogP contribution is -2.43. The average molecular weight is 248 g/mol. The molecular weight excluding hydrogens is 224 g/mol. The molecule has 1 saturated heterocycles. The van der Waals surface area contributed by atoms with Crippen molar-refractivity contribution in [2.24, 2.45) is 5.92 Å². The van der Waals surface area contributed by atoms with Gasteiger partial charge in [-0.15, -0.1) is 0 Å². The van der Waals surface area contributed by atoms with Gasteiger partial charge in [0.25, 0.3) is 0 Å². The van der Waals surface area contributed by atoms with Crippen molar-refractivity contribution in [3.63, 3.8) is 0 Å². The van der Waals surface area contributed by atoms with Crippen LogP contribution in [0.4, 0.5) is 0 Å². The highest BCUT2D eigenvalue weighted by Gasteiger charge is 2.24. The highest BCUT2D eigenvalue weighted by atomic mass is 32.2. The lowest BCUT2D eigenvalue weighted by Gasteiger charge is -2.21. The highest BCUT2D eigenvalue weighted by Crippen LogP contribution is 2.10. The fraction of sp³-hybridized carbons (Fsp3) is 1.00. The minimum absolute atomic E-state index is 0.0615. The molecule has 2 atom stereocenters. The molecule has 2 N–H and O–H groups in total. The largest absolute Gasteiger partial charge is 0.313 e. The van der Waals surface area contributed by atoms with Crippen LogP contribution in [-0.4, -0.2) is 32.8 Å². The number of rotatable bonds is 6. The van der Waals surface area contributed by atoms with Crippen molar-refractivity contribution in [3.8, 4) is 0 Å². The third-order valence-corrected chi connectivity index (χ3v) is 4.66. The minimum Gasteiger partial charge on any atom is -0.313 e. The summed E-state index contributed by atoms with van der Waals surface area (Å²) >= 11 is 0. The molecule has 1 aliphatic rings. The van der Waals surface area contributed by atoms with E-state index in [2.05, 4.69) is 10.0 Å². The van der Waals surface area contributed by atoms with Crippen molar-refractivity contribution in [2.45, 2.75) is 52.1 Å². The van der Waals surface area contributed by atoms with Gasteiger partial charge >= 0.3 is 0 Å². The first-order valence-electron chi connectivity index (χ1n) is 6.18. The molecule has 0 saturated carbocycles. The number of hydrogen-bond acceptors (Lipinski definition) is 3. The molecule has 0 aromatic carbocycles. The molecule has 2 unspecified atom stereocenters. The zero-order valence-electron chi connectivity index (χ0n) is 10.5. The lowest BCUT2D eigenvalue weighted by atomic mass is 10.0. The van der Waals surface area contributed by atoms with E-state index in [0.29, 0.717) is 5.92 Å². The van der Waals surface area contributed by atoms with E-state index in [1.54, 1.807) is 0 Å². The van der Waals surface area contributed by atoms with Crippen LogP contribution in [0.2, 0.25) is 0 Å². The van der Waals surface area contributed by atoms with Crippen molar-refractivity contribution in [1.29, 1.82) is 0 Å². The second-order valence-corrected chi connectivity index (χ2v) is 6.75. The monoisotopic (exact) mass is 248 g/mol. The summed E-state index contributed by atoms with van der Waals surface area (Å²) in [5, 5.41) is 3.21. The molecule has 0 spiro atoms. The first-order chi connectivity index (χ1) is 7.44. The first kappa shape index (κ1) is 13.9. The van der Waals surface area contributed by atoms with Crippen LogP contribution in [0.5, 0.6) is 0 Å². The molecule has 96 valence electrons. The fourth-order valence-electron chi connectivity index (χ4n) is 2.13. The molecule has 0 aromatic heterocycles. The second-order valence-electron chi connectivity index (χ2n) is 4.95. The third kappa shape index (κ3) is 4.39. The summed E-state index contributed by atoms with van der Waals surface area (Å²) in [7, 11) is -3.13. The van der Waals surface area contributed by atoms with Gasteiger partial charge in [0.2, 0.25) is 10.0 Å². The normalized spacial score (nSPS) is 23.9. The van der Waals surface area contributed by atoms with E-state index in [-0.39, 0.29) is 17.8 Å². The third-order valence-electron chi connectivity index (χ3n) is 3.16. The van der Waals surface area contributed by atoms with Crippen molar-refractivity contribution >= 4 is 10.0 Å². The van der Waals surface area contributed by atoms with Gasteiger partial charge in [-0.05, 0) is 31.7 Å². The van der Waals surface area contributed by atoms with Crippen LogP contribution in [0.1, 0.15) is 40.0 Å². The van der Waals surface area contributed by atoms with Gasteiger partial charge in [0.15, 0.2) is 0 Å². The Morgan fingerprint density at radius 2 is 2.12 bits per heavy atom. The Labute approximate surface area is 99.2 Å². The molecule has 1 aliphatic heterocycles. The summed E-state index contributed by atoms with van der Waals surface area (Å²) in [6.07, 6.45) is 2.90. The van der Waals surface area contributed by atoms with E-state index >= 15 is 0 Å². The molecule has 0 aromatic rings. The van der Waals surface area contributed by atoms with Crippen LogP contribution < -0.4 is 10.0 Å². The molecule has 0 amide bonds. The van der Waals surface area contributed by atoms with Crippen LogP contribution in [-0.2, 0) is 10.0 Å². The van der Waals surface area contributed by atoms with Crippen LogP contribution in [0.3, 0.4) is 0 Å². The summed E-state index contributed by atoms with van der Waals surface area (Å²) in [5.74, 6) is 0.562. The lowest BCUT2D eigenvalue weighted by molar-refractivity contribution is 0.435. The van der Waals surface area contributed by atoms with Crippen molar-refractivity contribution in [3.05, 3.63) is 0 Å². The first-order valence-corrected chi connectivity index (χ1v) is 7.83. The van der Waals surface area contributed by atoms with Gasteiger partial charge in [-0.2, -0.15) is 0 Å². The number of sulfonamides is 1. The average Bonchev–Trinajstić information content (AvgIpc) is 2.65. The second kappa shape index (κ2) is 5.98. The fourth-order valence-corrected chi connectivity index (χ4v) is 3.94. The highest BCUT2D eigenvalue weighted by molar-refractivity contribution is 7.89. The van der Waals surface area contributed by atoms with Gasteiger partial charge in [-0.25, -0.2) is 13.1 Å². The Kier molecular flexibility index (Phi) is 5.21. The van der Waals surface area contributed by atoms with Crippen molar-refractivity contribution in [2.75, 3.05) is 12.3 Å². The van der Waals surface area contributed by atoms with Crippen LogP contribution in [0.25, 0.3) is 0 Å². The van der Waals surface area contributed by atoms with E-state index in [4.69, 9.17) is 0 Å². The van der Waals surface area contributed by atoms with Crippen molar-refractivity contribution < 1.29 is 8.42 Å². The molecule has 1 rings (SSSR count). The predicted molar refractivity (Wildman–Crippen MR) is 66.9 cm³/mol. The molecule has 1 fully saturated rings. The topological polar surface area (TPSA) is 58.2 Å². The van der Waals surface area contributed by atoms with E-state index in [1.165, 1.54) is 0 Å². The summed E-state index contributed by atoms with van der Waals surface area (Å²) in [5.41, 5.74) is 0. The summed E-state index contributed by atoms with van der Waals surface area (Å²) < 4.78 is 26.6. The minimum atomic E-state index is -3.13. The van der Waals surface area contributed by atoms with E-state index < -0.39 is 10.0 Å². The molecule has 0 aliphatic carbocycles. The molecule has 4 nitrogen and oxygen atoms in total. The molecular formula is C11H24N2O2S. The summed E-state index contributed by atoms with van der Waals surface area (Å²) in [6, 6.07) is 0.202. The molecule has 1 heterocycles. The summed E-state index contributed by atoms with van der Waals surface area (Å²) in [6.45, 7) is 7.05. The van der Waals surface area contributed by atoms with Crippen LogP contribution >= 0.6 is 0 Å². The van der Waals surface area contributed by atoms with Crippen molar-refractivity contribution in [1.82, 2.24) is 10.0 Å². The Hall–Kier alpha value is -0.130. The Bertz CT molecular complexity index is 295. The van der Waals surface area contributed by atoms with Gasteiger partial charge in [0, 0.05) is 12.1 Å². The molecule has 5 heteroatoms. The molecule has 0 radical (unpaired) electrons. The SMILES string of the molecule is CCC(NS(=O)(=O)CC1CCCN1)C(C)C. The maximum Gasteiger partial charge on any atom is 0.213 e. The Morgan fingerprint density at radius 3 is 2.56 bits per heavy atom. The van der Waals surface area contributed by atoms with E-state index in [1.807, 2.05) is 20.8 Å². The van der Waals surface area contributed by atoms with Gasteiger partial charge < -0.3 is 5.32 Å².